The van der Waals surface area contributed by atoms with Crippen molar-refractivity contribution < 1.29 is 4.79 Å². The standard InChI is InChI=1S/C12H20N4O.ClH/c1-15(11(9-13)10-3-4-10)12(17)5-8-16-7-2-6-14-16;/h2,6-7,10-11H,3-5,8-9,13H2,1H3;1H. The maximum atomic E-state index is 12.0. The van der Waals surface area contributed by atoms with Crippen LogP contribution in [0.1, 0.15) is 19.3 Å². The summed E-state index contributed by atoms with van der Waals surface area (Å²) in [6.45, 7) is 1.20. The first-order valence-electron chi connectivity index (χ1n) is 6.15. The molecule has 0 saturated heterocycles. The molecule has 1 unspecified atom stereocenters. The molecule has 18 heavy (non-hydrogen) atoms. The minimum absolute atomic E-state index is 0. The van der Waals surface area contributed by atoms with Crippen molar-refractivity contribution in [3.63, 3.8) is 0 Å². The first kappa shape index (κ1) is 15.0. The third kappa shape index (κ3) is 3.71. The van der Waals surface area contributed by atoms with Gasteiger partial charge in [-0.1, -0.05) is 0 Å². The van der Waals surface area contributed by atoms with Crippen LogP contribution < -0.4 is 5.73 Å². The van der Waals surface area contributed by atoms with Gasteiger partial charge in [0.2, 0.25) is 5.91 Å². The van der Waals surface area contributed by atoms with Crippen molar-refractivity contribution in [2.75, 3.05) is 13.6 Å². The van der Waals surface area contributed by atoms with Gasteiger partial charge in [-0.3, -0.25) is 9.48 Å². The Morgan fingerprint density at radius 2 is 2.33 bits per heavy atom. The maximum Gasteiger partial charge on any atom is 0.224 e. The SMILES string of the molecule is CN(C(=O)CCn1cccn1)C(CN)C1CC1.Cl. The average Bonchev–Trinajstić information content (AvgIpc) is 3.03. The van der Waals surface area contributed by atoms with E-state index in [9.17, 15) is 4.79 Å². The van der Waals surface area contributed by atoms with E-state index in [0.717, 1.165) is 0 Å². The van der Waals surface area contributed by atoms with Crippen molar-refractivity contribution in [1.82, 2.24) is 14.7 Å². The van der Waals surface area contributed by atoms with Gasteiger partial charge in [0, 0.05) is 45.0 Å². The number of nitrogens with zero attached hydrogens (tertiary/aromatic N) is 3. The number of carbonyl (C=O) groups excluding carboxylic acids is 1. The highest BCUT2D eigenvalue weighted by Gasteiger charge is 2.34. The molecule has 6 heteroatoms. The van der Waals surface area contributed by atoms with Gasteiger partial charge < -0.3 is 10.6 Å². The van der Waals surface area contributed by atoms with E-state index in [4.69, 9.17) is 5.73 Å². The lowest BCUT2D eigenvalue weighted by Crippen LogP contribution is -2.43. The Morgan fingerprint density at radius 1 is 1.61 bits per heavy atom. The normalized spacial score (nSPS) is 15.9. The monoisotopic (exact) mass is 272 g/mol. The number of amides is 1. The third-order valence-corrected chi connectivity index (χ3v) is 3.41. The van der Waals surface area contributed by atoms with E-state index in [2.05, 4.69) is 5.10 Å². The summed E-state index contributed by atoms with van der Waals surface area (Å²) in [6, 6.07) is 2.08. The Kier molecular flexibility index (Phi) is 5.62. The molecule has 0 aliphatic heterocycles. The zero-order valence-electron chi connectivity index (χ0n) is 10.7. The fourth-order valence-corrected chi connectivity index (χ4v) is 2.15. The number of nitrogens with two attached hydrogens (primary N) is 1. The maximum absolute atomic E-state index is 12.0. The summed E-state index contributed by atoms with van der Waals surface area (Å²) in [7, 11) is 1.86. The Balaban J connectivity index is 0.00000162. The van der Waals surface area contributed by atoms with E-state index in [1.54, 1.807) is 10.9 Å². The molecule has 1 aliphatic carbocycles. The van der Waals surface area contributed by atoms with Gasteiger partial charge in [0.25, 0.3) is 0 Å². The van der Waals surface area contributed by atoms with E-state index in [1.807, 2.05) is 24.2 Å². The summed E-state index contributed by atoms with van der Waals surface area (Å²) < 4.78 is 1.78. The van der Waals surface area contributed by atoms with E-state index < -0.39 is 0 Å². The van der Waals surface area contributed by atoms with Crippen LogP contribution in [0.2, 0.25) is 0 Å². The Morgan fingerprint density at radius 3 is 2.83 bits per heavy atom. The van der Waals surface area contributed by atoms with Crippen molar-refractivity contribution in [3.8, 4) is 0 Å². The predicted octanol–water partition coefficient (Wildman–Crippen LogP) is 0.891. The minimum atomic E-state index is 0. The first-order chi connectivity index (χ1) is 8.22. The van der Waals surface area contributed by atoms with Crippen LogP contribution in [0, 0.1) is 5.92 Å². The van der Waals surface area contributed by atoms with Gasteiger partial charge in [0.1, 0.15) is 0 Å². The van der Waals surface area contributed by atoms with Gasteiger partial charge in [-0.25, -0.2) is 0 Å². The van der Waals surface area contributed by atoms with Crippen molar-refractivity contribution in [3.05, 3.63) is 18.5 Å². The van der Waals surface area contributed by atoms with Gasteiger partial charge in [-0.15, -0.1) is 12.4 Å². The van der Waals surface area contributed by atoms with Gasteiger partial charge in [0.15, 0.2) is 0 Å². The molecule has 2 N–H and O–H groups in total. The summed E-state index contributed by atoms with van der Waals surface area (Å²) in [6.07, 6.45) is 6.49. The lowest BCUT2D eigenvalue weighted by Gasteiger charge is -2.27. The molecular weight excluding hydrogens is 252 g/mol. The van der Waals surface area contributed by atoms with Crippen molar-refractivity contribution in [2.24, 2.45) is 11.7 Å². The highest BCUT2D eigenvalue weighted by molar-refractivity contribution is 5.85. The molecule has 1 saturated carbocycles. The van der Waals surface area contributed by atoms with Gasteiger partial charge in [0.05, 0.1) is 0 Å². The van der Waals surface area contributed by atoms with Crippen LogP contribution in [0.15, 0.2) is 18.5 Å². The summed E-state index contributed by atoms with van der Waals surface area (Å²) in [5, 5.41) is 4.08. The lowest BCUT2D eigenvalue weighted by atomic mass is 10.1. The third-order valence-electron chi connectivity index (χ3n) is 3.41. The van der Waals surface area contributed by atoms with Crippen LogP contribution in [0.3, 0.4) is 0 Å². The van der Waals surface area contributed by atoms with E-state index in [-0.39, 0.29) is 24.4 Å². The van der Waals surface area contributed by atoms with E-state index >= 15 is 0 Å². The molecule has 1 heterocycles. The van der Waals surface area contributed by atoms with Crippen molar-refractivity contribution in [1.29, 1.82) is 0 Å². The van der Waals surface area contributed by atoms with E-state index in [1.165, 1.54) is 12.8 Å². The van der Waals surface area contributed by atoms with Gasteiger partial charge in [-0.05, 0) is 24.8 Å². The van der Waals surface area contributed by atoms with Crippen LogP contribution in [-0.2, 0) is 11.3 Å². The molecule has 0 spiro atoms. The van der Waals surface area contributed by atoms with Crippen molar-refractivity contribution >= 4 is 18.3 Å². The number of aromatic nitrogens is 2. The van der Waals surface area contributed by atoms with Crippen LogP contribution in [0.5, 0.6) is 0 Å². The van der Waals surface area contributed by atoms with Gasteiger partial charge in [-0.2, -0.15) is 5.10 Å². The zero-order chi connectivity index (χ0) is 12.3. The zero-order valence-corrected chi connectivity index (χ0v) is 11.5. The topological polar surface area (TPSA) is 64.2 Å². The number of rotatable bonds is 6. The van der Waals surface area contributed by atoms with E-state index in [0.29, 0.717) is 25.4 Å². The molecule has 2 rings (SSSR count). The molecule has 1 fully saturated rings. The Hall–Kier alpha value is -1.07. The fourth-order valence-electron chi connectivity index (χ4n) is 2.15. The lowest BCUT2D eigenvalue weighted by molar-refractivity contribution is -0.132. The van der Waals surface area contributed by atoms with Crippen LogP contribution in [0.25, 0.3) is 0 Å². The molecule has 0 radical (unpaired) electrons. The summed E-state index contributed by atoms with van der Waals surface area (Å²) in [5.74, 6) is 0.779. The molecule has 1 amide bonds. The summed E-state index contributed by atoms with van der Waals surface area (Å²) >= 11 is 0. The molecular formula is C12H21ClN4O. The highest BCUT2D eigenvalue weighted by Crippen LogP contribution is 2.34. The molecule has 0 bridgehead atoms. The van der Waals surface area contributed by atoms with Crippen LogP contribution in [0.4, 0.5) is 0 Å². The molecule has 1 aromatic heterocycles. The molecule has 0 aromatic carbocycles. The molecule has 102 valence electrons. The van der Waals surface area contributed by atoms with Crippen LogP contribution >= 0.6 is 12.4 Å². The number of aryl methyl sites for hydroxylation is 1. The fraction of sp³-hybridized carbons (Fsp3) is 0.667. The highest BCUT2D eigenvalue weighted by atomic mass is 35.5. The number of halogens is 1. The van der Waals surface area contributed by atoms with Gasteiger partial charge >= 0.3 is 0 Å². The molecule has 1 atom stereocenters. The second-order valence-corrected chi connectivity index (χ2v) is 4.66. The summed E-state index contributed by atoms with van der Waals surface area (Å²) in [4.78, 5) is 13.8. The Labute approximate surface area is 114 Å². The quantitative estimate of drug-likeness (QED) is 0.837. The number of hydrogen-bond acceptors (Lipinski definition) is 3. The van der Waals surface area contributed by atoms with Crippen molar-refractivity contribution in [2.45, 2.75) is 31.8 Å². The smallest absolute Gasteiger partial charge is 0.224 e. The largest absolute Gasteiger partial charge is 0.341 e. The number of hydrogen-bond donors (Lipinski definition) is 1. The Bertz CT molecular complexity index is 364. The second kappa shape index (κ2) is 6.75. The molecule has 1 aliphatic rings. The summed E-state index contributed by atoms with van der Waals surface area (Å²) in [5.41, 5.74) is 5.73. The second-order valence-electron chi connectivity index (χ2n) is 4.66. The minimum Gasteiger partial charge on any atom is -0.341 e. The molecule has 1 aromatic rings. The average molecular weight is 273 g/mol. The predicted molar refractivity (Wildman–Crippen MR) is 72.4 cm³/mol. The number of likely N-dealkylation sites (N-methyl/N-ethyl adjacent to an activating group) is 1. The number of carbonyl (C=O) groups is 1. The van der Waals surface area contributed by atoms with Crippen LogP contribution in [-0.4, -0.2) is 40.2 Å². The first-order valence-corrected chi connectivity index (χ1v) is 6.15. The molecule has 5 nitrogen and oxygen atoms in total.